The van der Waals surface area contributed by atoms with E-state index in [4.69, 9.17) is 10.8 Å². The SMILES string of the molecule is Nc1ccc2nc(CC(=O)N3CCN(CCO)CC3)ccc2c1. The van der Waals surface area contributed by atoms with Gasteiger partial charge in [0.2, 0.25) is 5.91 Å². The Morgan fingerprint density at radius 2 is 1.96 bits per heavy atom. The topological polar surface area (TPSA) is 82.7 Å². The predicted molar refractivity (Wildman–Crippen MR) is 90.0 cm³/mol. The van der Waals surface area contributed by atoms with E-state index in [0.717, 1.165) is 29.7 Å². The molecule has 1 saturated heterocycles. The minimum absolute atomic E-state index is 0.107. The van der Waals surface area contributed by atoms with E-state index in [1.165, 1.54) is 0 Å². The second-order valence-corrected chi connectivity index (χ2v) is 5.88. The third kappa shape index (κ3) is 3.78. The lowest BCUT2D eigenvalue weighted by Crippen LogP contribution is -2.49. The molecular formula is C17H22N4O2. The van der Waals surface area contributed by atoms with Crippen LogP contribution in [-0.2, 0) is 11.2 Å². The molecule has 3 rings (SSSR count). The van der Waals surface area contributed by atoms with Crippen LogP contribution >= 0.6 is 0 Å². The average molecular weight is 314 g/mol. The number of aromatic nitrogens is 1. The fourth-order valence-corrected chi connectivity index (χ4v) is 2.91. The third-order valence-electron chi connectivity index (χ3n) is 4.24. The van der Waals surface area contributed by atoms with Crippen LogP contribution in [0.1, 0.15) is 5.69 Å². The fourth-order valence-electron chi connectivity index (χ4n) is 2.91. The molecule has 1 aromatic heterocycles. The van der Waals surface area contributed by atoms with Gasteiger partial charge in [-0.05, 0) is 24.3 Å². The van der Waals surface area contributed by atoms with Crippen LogP contribution in [0.3, 0.4) is 0 Å². The zero-order valence-corrected chi connectivity index (χ0v) is 13.1. The number of aliphatic hydroxyl groups excluding tert-OH is 1. The number of pyridine rings is 1. The molecule has 1 aliphatic rings. The number of aliphatic hydroxyl groups is 1. The summed E-state index contributed by atoms with van der Waals surface area (Å²) in [6, 6.07) is 9.43. The van der Waals surface area contributed by atoms with Gasteiger partial charge in [0.1, 0.15) is 0 Å². The van der Waals surface area contributed by atoms with Crippen LogP contribution in [-0.4, -0.2) is 65.1 Å². The first-order chi connectivity index (χ1) is 11.2. The van der Waals surface area contributed by atoms with Gasteiger partial charge in [-0.3, -0.25) is 14.7 Å². The number of benzene rings is 1. The van der Waals surface area contributed by atoms with Crippen molar-refractivity contribution in [2.45, 2.75) is 6.42 Å². The molecule has 2 heterocycles. The van der Waals surface area contributed by atoms with Gasteiger partial charge in [0.15, 0.2) is 0 Å². The Hall–Kier alpha value is -2.18. The van der Waals surface area contributed by atoms with Gasteiger partial charge < -0.3 is 15.7 Å². The van der Waals surface area contributed by atoms with E-state index >= 15 is 0 Å². The Morgan fingerprint density at radius 3 is 2.70 bits per heavy atom. The van der Waals surface area contributed by atoms with Crippen LogP contribution in [0.5, 0.6) is 0 Å². The summed E-state index contributed by atoms with van der Waals surface area (Å²) in [7, 11) is 0. The van der Waals surface area contributed by atoms with Crippen molar-refractivity contribution in [3.05, 3.63) is 36.0 Å². The molecule has 1 aliphatic heterocycles. The first-order valence-corrected chi connectivity index (χ1v) is 7.92. The second-order valence-electron chi connectivity index (χ2n) is 5.88. The summed E-state index contributed by atoms with van der Waals surface area (Å²) in [4.78, 5) is 21.0. The normalized spacial score (nSPS) is 16.0. The van der Waals surface area contributed by atoms with E-state index in [2.05, 4.69) is 9.88 Å². The van der Waals surface area contributed by atoms with Gasteiger partial charge >= 0.3 is 0 Å². The number of nitrogens with two attached hydrogens (primary N) is 1. The lowest BCUT2D eigenvalue weighted by atomic mass is 10.1. The Bertz CT molecular complexity index is 696. The van der Waals surface area contributed by atoms with Crippen molar-refractivity contribution >= 4 is 22.5 Å². The zero-order chi connectivity index (χ0) is 16.2. The molecule has 2 aromatic rings. The molecule has 0 radical (unpaired) electrons. The molecule has 6 nitrogen and oxygen atoms in total. The number of rotatable bonds is 4. The Labute approximate surface area is 135 Å². The maximum Gasteiger partial charge on any atom is 0.228 e. The number of anilines is 1. The highest BCUT2D eigenvalue weighted by molar-refractivity contribution is 5.83. The van der Waals surface area contributed by atoms with E-state index in [9.17, 15) is 4.79 Å². The minimum Gasteiger partial charge on any atom is -0.399 e. The number of fused-ring (bicyclic) bond motifs is 1. The van der Waals surface area contributed by atoms with Crippen LogP contribution in [0.25, 0.3) is 10.9 Å². The molecule has 0 saturated carbocycles. The van der Waals surface area contributed by atoms with Crippen molar-refractivity contribution in [2.24, 2.45) is 0 Å². The number of amides is 1. The van der Waals surface area contributed by atoms with E-state index in [-0.39, 0.29) is 12.5 Å². The lowest BCUT2D eigenvalue weighted by Gasteiger charge is -2.34. The summed E-state index contributed by atoms with van der Waals surface area (Å²) in [6.45, 7) is 3.90. The third-order valence-corrected chi connectivity index (χ3v) is 4.24. The number of nitrogens with zero attached hydrogens (tertiary/aromatic N) is 3. The zero-order valence-electron chi connectivity index (χ0n) is 13.1. The highest BCUT2D eigenvalue weighted by atomic mass is 16.3. The van der Waals surface area contributed by atoms with E-state index in [1.54, 1.807) is 0 Å². The van der Waals surface area contributed by atoms with Crippen LogP contribution in [0.2, 0.25) is 0 Å². The number of carbonyl (C=O) groups excluding carboxylic acids is 1. The standard InChI is InChI=1S/C17H22N4O2/c18-14-2-4-16-13(11-14)1-3-15(19-16)12-17(23)21-7-5-20(6-8-21)9-10-22/h1-4,11,22H,5-10,12,18H2. The highest BCUT2D eigenvalue weighted by Gasteiger charge is 2.21. The average Bonchev–Trinajstić information content (AvgIpc) is 2.56. The number of hydrogen-bond acceptors (Lipinski definition) is 5. The fraction of sp³-hybridized carbons (Fsp3) is 0.412. The van der Waals surface area contributed by atoms with E-state index < -0.39 is 0 Å². The van der Waals surface area contributed by atoms with E-state index in [1.807, 2.05) is 35.2 Å². The van der Waals surface area contributed by atoms with Crippen LogP contribution in [0, 0.1) is 0 Å². The Balaban J connectivity index is 1.63. The first kappa shape index (κ1) is 15.7. The number of hydrogen-bond donors (Lipinski definition) is 2. The summed E-state index contributed by atoms with van der Waals surface area (Å²) < 4.78 is 0. The molecule has 0 spiro atoms. The monoisotopic (exact) mass is 314 g/mol. The molecule has 122 valence electrons. The molecule has 0 unspecified atom stereocenters. The number of piperazine rings is 1. The number of carbonyl (C=O) groups is 1. The number of nitrogen functional groups attached to an aromatic ring is 1. The molecule has 0 aliphatic carbocycles. The Morgan fingerprint density at radius 1 is 1.17 bits per heavy atom. The highest BCUT2D eigenvalue weighted by Crippen LogP contribution is 2.16. The summed E-state index contributed by atoms with van der Waals surface area (Å²) in [5.41, 5.74) is 8.12. The van der Waals surface area contributed by atoms with Crippen LogP contribution in [0.15, 0.2) is 30.3 Å². The molecule has 0 atom stereocenters. The molecular weight excluding hydrogens is 292 g/mol. The molecule has 1 fully saturated rings. The van der Waals surface area contributed by atoms with Gasteiger partial charge in [-0.2, -0.15) is 0 Å². The second kappa shape index (κ2) is 6.93. The summed E-state index contributed by atoms with van der Waals surface area (Å²) >= 11 is 0. The van der Waals surface area contributed by atoms with Crippen molar-refractivity contribution in [3.63, 3.8) is 0 Å². The summed E-state index contributed by atoms with van der Waals surface area (Å²) in [5.74, 6) is 0.107. The van der Waals surface area contributed by atoms with Gasteiger partial charge in [-0.1, -0.05) is 6.07 Å². The van der Waals surface area contributed by atoms with Crippen molar-refractivity contribution < 1.29 is 9.90 Å². The molecule has 6 heteroatoms. The van der Waals surface area contributed by atoms with E-state index in [0.29, 0.717) is 31.7 Å². The van der Waals surface area contributed by atoms with Gasteiger partial charge in [-0.15, -0.1) is 0 Å². The molecule has 23 heavy (non-hydrogen) atoms. The largest absolute Gasteiger partial charge is 0.399 e. The van der Waals surface area contributed by atoms with Crippen LogP contribution < -0.4 is 5.73 Å². The minimum atomic E-state index is 0.107. The summed E-state index contributed by atoms with van der Waals surface area (Å²) in [5, 5.41) is 9.94. The molecule has 3 N–H and O–H groups in total. The number of β-amino-alcohol motifs (C(OH)–C–C–N with tert-alkyl or cyclic N) is 1. The maximum atomic E-state index is 12.4. The molecule has 1 amide bonds. The van der Waals surface area contributed by atoms with Crippen LogP contribution in [0.4, 0.5) is 5.69 Å². The van der Waals surface area contributed by atoms with Gasteiger partial charge in [0.05, 0.1) is 24.2 Å². The maximum absolute atomic E-state index is 12.4. The van der Waals surface area contributed by atoms with Gasteiger partial charge in [0.25, 0.3) is 0 Å². The molecule has 1 aromatic carbocycles. The summed E-state index contributed by atoms with van der Waals surface area (Å²) in [6.07, 6.45) is 0.320. The first-order valence-electron chi connectivity index (χ1n) is 7.92. The van der Waals surface area contributed by atoms with Gasteiger partial charge in [0, 0.05) is 43.8 Å². The van der Waals surface area contributed by atoms with Crippen molar-refractivity contribution in [1.29, 1.82) is 0 Å². The quantitative estimate of drug-likeness (QED) is 0.803. The van der Waals surface area contributed by atoms with Crippen molar-refractivity contribution in [3.8, 4) is 0 Å². The molecule has 0 bridgehead atoms. The Kier molecular flexibility index (Phi) is 4.73. The smallest absolute Gasteiger partial charge is 0.228 e. The van der Waals surface area contributed by atoms with Crippen molar-refractivity contribution in [2.75, 3.05) is 45.1 Å². The van der Waals surface area contributed by atoms with Crippen molar-refractivity contribution in [1.82, 2.24) is 14.8 Å². The van der Waals surface area contributed by atoms with Gasteiger partial charge in [-0.25, -0.2) is 0 Å². The predicted octanol–water partition coefficient (Wildman–Crippen LogP) is 0.496. The lowest BCUT2D eigenvalue weighted by molar-refractivity contribution is -0.132.